The minimum Gasteiger partial charge on any atom is -0.493 e. The highest BCUT2D eigenvalue weighted by Crippen LogP contribution is 2.29. The Morgan fingerprint density at radius 2 is 1.87 bits per heavy atom. The first kappa shape index (κ1) is 16.6. The molecule has 23 heavy (non-hydrogen) atoms. The van der Waals surface area contributed by atoms with Crippen LogP contribution in [0.25, 0.3) is 0 Å². The van der Waals surface area contributed by atoms with Crippen LogP contribution in [0.5, 0.6) is 11.5 Å². The Morgan fingerprint density at radius 3 is 2.43 bits per heavy atom. The van der Waals surface area contributed by atoms with Crippen LogP contribution in [0.15, 0.2) is 36.5 Å². The van der Waals surface area contributed by atoms with E-state index in [0.717, 1.165) is 11.4 Å². The lowest BCUT2D eigenvalue weighted by Gasteiger charge is -2.16. The molecular formula is C17H21N3O3. The second-order valence-corrected chi connectivity index (χ2v) is 4.99. The van der Waals surface area contributed by atoms with Crippen molar-refractivity contribution in [2.75, 3.05) is 26.6 Å². The van der Waals surface area contributed by atoms with Crippen molar-refractivity contribution in [2.24, 2.45) is 0 Å². The van der Waals surface area contributed by atoms with Crippen LogP contribution in [0.1, 0.15) is 28.9 Å². The van der Waals surface area contributed by atoms with Gasteiger partial charge in [-0.05, 0) is 36.8 Å². The highest BCUT2D eigenvalue weighted by Gasteiger charge is 2.14. The Balaban J connectivity index is 2.11. The smallest absolute Gasteiger partial charge is 0.253 e. The van der Waals surface area contributed by atoms with Gasteiger partial charge >= 0.3 is 0 Å². The third kappa shape index (κ3) is 3.91. The third-order valence-corrected chi connectivity index (χ3v) is 3.54. The summed E-state index contributed by atoms with van der Waals surface area (Å²) in [5.41, 5.74) is 1.44. The molecule has 1 heterocycles. The van der Waals surface area contributed by atoms with Gasteiger partial charge in [-0.3, -0.25) is 4.79 Å². The largest absolute Gasteiger partial charge is 0.493 e. The second-order valence-electron chi connectivity index (χ2n) is 4.99. The van der Waals surface area contributed by atoms with Gasteiger partial charge in [-0.2, -0.15) is 0 Å². The Labute approximate surface area is 135 Å². The van der Waals surface area contributed by atoms with Gasteiger partial charge in [-0.15, -0.1) is 0 Å². The Kier molecular flexibility index (Phi) is 5.41. The van der Waals surface area contributed by atoms with E-state index < -0.39 is 0 Å². The van der Waals surface area contributed by atoms with Crippen LogP contribution in [-0.4, -0.2) is 32.2 Å². The van der Waals surface area contributed by atoms with Gasteiger partial charge in [-0.25, -0.2) is 4.98 Å². The number of ether oxygens (including phenoxy) is 2. The van der Waals surface area contributed by atoms with Crippen LogP contribution < -0.4 is 20.1 Å². The van der Waals surface area contributed by atoms with Crippen LogP contribution >= 0.6 is 0 Å². The molecule has 0 radical (unpaired) electrons. The van der Waals surface area contributed by atoms with E-state index in [4.69, 9.17) is 9.47 Å². The SMILES string of the molecule is CNc1ccc(C(=O)NC(C)c2ccc(OC)c(OC)c2)cn1. The van der Waals surface area contributed by atoms with Gasteiger partial charge in [0.15, 0.2) is 11.5 Å². The van der Waals surface area contributed by atoms with E-state index in [1.165, 1.54) is 0 Å². The molecule has 0 saturated carbocycles. The molecule has 2 N–H and O–H groups in total. The molecule has 0 fully saturated rings. The molecule has 0 spiro atoms. The predicted octanol–water partition coefficient (Wildman–Crippen LogP) is 2.63. The number of hydrogen-bond acceptors (Lipinski definition) is 5. The number of nitrogens with one attached hydrogen (secondary N) is 2. The Hall–Kier alpha value is -2.76. The first-order valence-electron chi connectivity index (χ1n) is 7.25. The summed E-state index contributed by atoms with van der Waals surface area (Å²) in [7, 11) is 4.95. The molecule has 1 atom stereocenters. The number of hydrogen-bond donors (Lipinski definition) is 2. The highest BCUT2D eigenvalue weighted by atomic mass is 16.5. The normalized spacial score (nSPS) is 11.5. The van der Waals surface area contributed by atoms with E-state index in [0.29, 0.717) is 17.1 Å². The van der Waals surface area contributed by atoms with E-state index in [2.05, 4.69) is 15.6 Å². The van der Waals surface area contributed by atoms with E-state index in [9.17, 15) is 4.79 Å². The molecule has 0 aliphatic carbocycles. The molecule has 122 valence electrons. The van der Waals surface area contributed by atoms with Crippen LogP contribution in [0.2, 0.25) is 0 Å². The summed E-state index contributed by atoms with van der Waals surface area (Å²) in [5.74, 6) is 1.82. The number of aromatic nitrogens is 1. The van der Waals surface area contributed by atoms with Crippen LogP contribution in [0.3, 0.4) is 0 Å². The van der Waals surface area contributed by atoms with E-state index >= 15 is 0 Å². The zero-order chi connectivity index (χ0) is 16.8. The Morgan fingerprint density at radius 1 is 1.13 bits per heavy atom. The molecule has 6 heteroatoms. The van der Waals surface area contributed by atoms with Crippen molar-refractivity contribution in [1.29, 1.82) is 0 Å². The summed E-state index contributed by atoms with van der Waals surface area (Å²) >= 11 is 0. The van der Waals surface area contributed by atoms with Crippen molar-refractivity contribution in [3.63, 3.8) is 0 Å². The summed E-state index contributed by atoms with van der Waals surface area (Å²) in [6, 6.07) is 8.89. The number of nitrogens with zero attached hydrogens (tertiary/aromatic N) is 1. The fourth-order valence-corrected chi connectivity index (χ4v) is 2.16. The molecule has 1 amide bonds. The first-order valence-corrected chi connectivity index (χ1v) is 7.25. The zero-order valence-electron chi connectivity index (χ0n) is 13.7. The minimum absolute atomic E-state index is 0.175. The van der Waals surface area contributed by atoms with E-state index in [-0.39, 0.29) is 11.9 Å². The van der Waals surface area contributed by atoms with Crippen molar-refractivity contribution < 1.29 is 14.3 Å². The quantitative estimate of drug-likeness (QED) is 0.857. The van der Waals surface area contributed by atoms with E-state index in [1.807, 2.05) is 25.1 Å². The number of anilines is 1. The number of methoxy groups -OCH3 is 2. The molecule has 1 unspecified atom stereocenters. The average Bonchev–Trinajstić information content (AvgIpc) is 2.60. The maximum Gasteiger partial charge on any atom is 0.253 e. The lowest BCUT2D eigenvalue weighted by atomic mass is 10.1. The van der Waals surface area contributed by atoms with Crippen molar-refractivity contribution in [1.82, 2.24) is 10.3 Å². The molecule has 2 rings (SSSR count). The summed E-state index contributed by atoms with van der Waals surface area (Å²) < 4.78 is 10.5. The monoisotopic (exact) mass is 315 g/mol. The number of rotatable bonds is 6. The number of amides is 1. The standard InChI is InChI=1S/C17H21N3O3/c1-11(12-5-7-14(22-3)15(9-12)23-4)20-17(21)13-6-8-16(18-2)19-10-13/h5-11H,1-4H3,(H,18,19)(H,20,21). The van der Waals surface area contributed by atoms with Gasteiger partial charge in [0.05, 0.1) is 25.8 Å². The molecule has 0 saturated heterocycles. The van der Waals surface area contributed by atoms with Gasteiger partial charge in [-0.1, -0.05) is 6.07 Å². The fraction of sp³-hybridized carbons (Fsp3) is 0.294. The maximum absolute atomic E-state index is 12.3. The molecule has 1 aromatic carbocycles. The number of pyridine rings is 1. The molecule has 0 aliphatic heterocycles. The lowest BCUT2D eigenvalue weighted by Crippen LogP contribution is -2.26. The Bertz CT molecular complexity index is 671. The summed E-state index contributed by atoms with van der Waals surface area (Å²) in [4.78, 5) is 16.4. The average molecular weight is 315 g/mol. The number of carbonyl (C=O) groups excluding carboxylic acids is 1. The van der Waals surface area contributed by atoms with Gasteiger partial charge < -0.3 is 20.1 Å². The molecule has 0 bridgehead atoms. The minimum atomic E-state index is -0.178. The maximum atomic E-state index is 12.3. The number of benzene rings is 1. The second kappa shape index (κ2) is 7.49. The van der Waals surface area contributed by atoms with Crippen molar-refractivity contribution >= 4 is 11.7 Å². The molecule has 6 nitrogen and oxygen atoms in total. The first-order chi connectivity index (χ1) is 11.1. The molecule has 2 aromatic rings. The van der Waals surface area contributed by atoms with Crippen molar-refractivity contribution in [2.45, 2.75) is 13.0 Å². The van der Waals surface area contributed by atoms with Gasteiger partial charge in [0.25, 0.3) is 5.91 Å². The molecule has 0 aliphatic rings. The lowest BCUT2D eigenvalue weighted by molar-refractivity contribution is 0.0939. The van der Waals surface area contributed by atoms with Crippen molar-refractivity contribution in [3.05, 3.63) is 47.7 Å². The van der Waals surface area contributed by atoms with Gasteiger partial charge in [0, 0.05) is 13.2 Å². The fourth-order valence-electron chi connectivity index (χ4n) is 2.16. The van der Waals surface area contributed by atoms with E-state index in [1.54, 1.807) is 39.6 Å². The van der Waals surface area contributed by atoms with Crippen LogP contribution in [0, 0.1) is 0 Å². The van der Waals surface area contributed by atoms with Crippen LogP contribution in [-0.2, 0) is 0 Å². The zero-order valence-corrected chi connectivity index (χ0v) is 13.7. The third-order valence-electron chi connectivity index (χ3n) is 3.54. The molecule has 1 aromatic heterocycles. The molecular weight excluding hydrogens is 294 g/mol. The summed E-state index contributed by atoms with van der Waals surface area (Å²) in [5, 5.41) is 5.86. The van der Waals surface area contributed by atoms with Crippen molar-refractivity contribution in [3.8, 4) is 11.5 Å². The van der Waals surface area contributed by atoms with Gasteiger partial charge in [0.2, 0.25) is 0 Å². The van der Waals surface area contributed by atoms with Crippen LogP contribution in [0.4, 0.5) is 5.82 Å². The topological polar surface area (TPSA) is 72.5 Å². The highest BCUT2D eigenvalue weighted by molar-refractivity contribution is 5.94. The van der Waals surface area contributed by atoms with Gasteiger partial charge in [0.1, 0.15) is 5.82 Å². The summed E-state index contributed by atoms with van der Waals surface area (Å²) in [6.45, 7) is 1.91. The number of carbonyl (C=O) groups is 1. The predicted molar refractivity (Wildman–Crippen MR) is 89.2 cm³/mol. The summed E-state index contributed by atoms with van der Waals surface area (Å²) in [6.07, 6.45) is 1.54.